The van der Waals surface area contributed by atoms with E-state index in [0.717, 1.165) is 0 Å². The van der Waals surface area contributed by atoms with Crippen LogP contribution in [-0.4, -0.2) is 36.2 Å². The summed E-state index contributed by atoms with van der Waals surface area (Å²) in [5.41, 5.74) is 0.822. The van der Waals surface area contributed by atoms with Crippen molar-refractivity contribution in [1.29, 1.82) is 5.26 Å². The van der Waals surface area contributed by atoms with Crippen LogP contribution in [0.3, 0.4) is 0 Å². The van der Waals surface area contributed by atoms with E-state index in [2.05, 4.69) is 9.98 Å². The SMILES string of the molecule is N#CC(C(=O)c1ccc(Cl)nc1)C1=NCCOC1. The molecule has 2 rings (SSSR count). The number of aromatic nitrogens is 1. The number of hydrogen-bond donors (Lipinski definition) is 0. The smallest absolute Gasteiger partial charge is 0.187 e. The molecular formula is C12H10ClN3O2. The molecule has 1 atom stereocenters. The van der Waals surface area contributed by atoms with Crippen LogP contribution >= 0.6 is 11.6 Å². The summed E-state index contributed by atoms with van der Waals surface area (Å²) in [5, 5.41) is 9.41. The average Bonchev–Trinajstić information content (AvgIpc) is 2.41. The standard InChI is InChI=1S/C12H10ClN3O2/c13-11-2-1-8(6-16-11)12(17)9(5-14)10-7-18-4-3-15-10/h1-2,6,9H,3-4,7H2. The Morgan fingerprint density at radius 3 is 2.94 bits per heavy atom. The predicted molar refractivity (Wildman–Crippen MR) is 65.8 cm³/mol. The molecule has 0 aliphatic carbocycles. The number of pyridine rings is 1. The summed E-state index contributed by atoms with van der Waals surface area (Å²) in [4.78, 5) is 20.1. The predicted octanol–water partition coefficient (Wildman–Crippen LogP) is 1.53. The summed E-state index contributed by atoms with van der Waals surface area (Å²) in [6.07, 6.45) is 1.36. The van der Waals surface area contributed by atoms with Gasteiger partial charge in [0.15, 0.2) is 5.78 Å². The minimum absolute atomic E-state index is 0.227. The summed E-state index contributed by atoms with van der Waals surface area (Å²) in [6.45, 7) is 1.24. The third-order valence-electron chi connectivity index (χ3n) is 2.54. The second-order valence-corrected chi connectivity index (χ2v) is 4.11. The van der Waals surface area contributed by atoms with Crippen molar-refractivity contribution in [3.63, 3.8) is 0 Å². The normalized spacial score (nSPS) is 16.6. The highest BCUT2D eigenvalue weighted by molar-refractivity contribution is 6.29. The van der Waals surface area contributed by atoms with Crippen LogP contribution in [0.5, 0.6) is 0 Å². The molecule has 1 aromatic heterocycles. The van der Waals surface area contributed by atoms with Gasteiger partial charge in [-0.25, -0.2) is 4.98 Å². The summed E-state index contributed by atoms with van der Waals surface area (Å²) in [6, 6.07) is 5.03. The van der Waals surface area contributed by atoms with Crippen molar-refractivity contribution in [1.82, 2.24) is 4.98 Å². The topological polar surface area (TPSA) is 75.3 Å². The molecule has 18 heavy (non-hydrogen) atoms. The number of ketones is 1. The maximum absolute atomic E-state index is 12.1. The fourth-order valence-electron chi connectivity index (χ4n) is 1.62. The number of carbonyl (C=O) groups excluding carboxylic acids is 1. The Morgan fingerprint density at radius 2 is 2.39 bits per heavy atom. The van der Waals surface area contributed by atoms with Crippen LogP contribution in [0.4, 0.5) is 0 Å². The first kappa shape index (κ1) is 12.7. The van der Waals surface area contributed by atoms with Crippen LogP contribution in [0.1, 0.15) is 10.4 Å². The van der Waals surface area contributed by atoms with Crippen LogP contribution in [0.2, 0.25) is 5.15 Å². The Kier molecular flexibility index (Phi) is 4.03. The van der Waals surface area contributed by atoms with E-state index < -0.39 is 5.92 Å². The van der Waals surface area contributed by atoms with Crippen molar-refractivity contribution in [2.24, 2.45) is 10.9 Å². The van der Waals surface area contributed by atoms with E-state index in [1.165, 1.54) is 12.3 Å². The average molecular weight is 264 g/mol. The van der Waals surface area contributed by atoms with Gasteiger partial charge in [0.2, 0.25) is 0 Å². The van der Waals surface area contributed by atoms with Gasteiger partial charge in [-0.1, -0.05) is 11.6 Å². The summed E-state index contributed by atoms with van der Waals surface area (Å²) >= 11 is 5.65. The lowest BCUT2D eigenvalue weighted by Crippen LogP contribution is -2.30. The minimum atomic E-state index is -0.909. The number of ether oxygens (including phenoxy) is 1. The van der Waals surface area contributed by atoms with E-state index in [0.29, 0.717) is 29.6 Å². The zero-order valence-electron chi connectivity index (χ0n) is 9.47. The van der Waals surface area contributed by atoms with Crippen molar-refractivity contribution in [2.75, 3.05) is 19.8 Å². The monoisotopic (exact) mass is 263 g/mol. The number of Topliss-reactive ketones (excluding diaryl/α,β-unsaturated/α-hetero) is 1. The van der Waals surface area contributed by atoms with Gasteiger partial charge in [0, 0.05) is 11.8 Å². The molecule has 1 aliphatic rings. The van der Waals surface area contributed by atoms with E-state index in [-0.39, 0.29) is 12.4 Å². The van der Waals surface area contributed by atoms with Gasteiger partial charge in [-0.15, -0.1) is 0 Å². The Hall–Kier alpha value is -1.77. The Labute approximate surface area is 109 Å². The molecule has 6 heteroatoms. The third kappa shape index (κ3) is 2.73. The fourth-order valence-corrected chi connectivity index (χ4v) is 1.74. The first-order valence-electron chi connectivity index (χ1n) is 5.38. The van der Waals surface area contributed by atoms with E-state index in [1.54, 1.807) is 6.07 Å². The molecule has 92 valence electrons. The van der Waals surface area contributed by atoms with Gasteiger partial charge in [0.25, 0.3) is 0 Å². The number of nitrogens with zero attached hydrogens (tertiary/aromatic N) is 3. The van der Waals surface area contributed by atoms with Gasteiger partial charge >= 0.3 is 0 Å². The van der Waals surface area contributed by atoms with Gasteiger partial charge in [-0.3, -0.25) is 9.79 Å². The van der Waals surface area contributed by atoms with Gasteiger partial charge < -0.3 is 4.74 Å². The van der Waals surface area contributed by atoms with Gasteiger partial charge in [-0.2, -0.15) is 5.26 Å². The maximum atomic E-state index is 12.1. The highest BCUT2D eigenvalue weighted by Crippen LogP contribution is 2.13. The molecule has 1 unspecified atom stereocenters. The summed E-state index contributed by atoms with van der Waals surface area (Å²) < 4.78 is 5.20. The third-order valence-corrected chi connectivity index (χ3v) is 2.76. The second kappa shape index (κ2) is 5.71. The lowest BCUT2D eigenvalue weighted by atomic mass is 9.95. The molecule has 0 amide bonds. The number of rotatable bonds is 3. The molecule has 0 bridgehead atoms. The van der Waals surface area contributed by atoms with Crippen molar-refractivity contribution >= 4 is 23.1 Å². The molecular weight excluding hydrogens is 254 g/mol. The lowest BCUT2D eigenvalue weighted by molar-refractivity contribution is 0.0965. The molecule has 0 fully saturated rings. The number of halogens is 1. The van der Waals surface area contributed by atoms with Crippen LogP contribution in [0, 0.1) is 17.2 Å². The number of aliphatic imine (C=N–C) groups is 1. The Balaban J connectivity index is 2.23. The fraction of sp³-hybridized carbons (Fsp3) is 0.333. The van der Waals surface area contributed by atoms with Crippen LogP contribution < -0.4 is 0 Å². The first-order chi connectivity index (χ1) is 8.72. The second-order valence-electron chi connectivity index (χ2n) is 3.72. The molecule has 0 aromatic carbocycles. The van der Waals surface area contributed by atoms with Crippen molar-refractivity contribution in [2.45, 2.75) is 0 Å². The molecule has 0 saturated heterocycles. The van der Waals surface area contributed by atoms with Crippen molar-refractivity contribution in [3.05, 3.63) is 29.0 Å². The van der Waals surface area contributed by atoms with Crippen LogP contribution in [0.15, 0.2) is 23.3 Å². The van der Waals surface area contributed by atoms with E-state index in [4.69, 9.17) is 21.6 Å². The van der Waals surface area contributed by atoms with Gasteiger partial charge in [0.05, 0.1) is 31.5 Å². The van der Waals surface area contributed by atoms with Gasteiger partial charge in [0.1, 0.15) is 11.1 Å². The maximum Gasteiger partial charge on any atom is 0.187 e. The largest absolute Gasteiger partial charge is 0.374 e. The molecule has 0 radical (unpaired) electrons. The van der Waals surface area contributed by atoms with Crippen molar-refractivity contribution in [3.8, 4) is 6.07 Å². The molecule has 0 N–H and O–H groups in total. The minimum Gasteiger partial charge on any atom is -0.374 e. The first-order valence-corrected chi connectivity index (χ1v) is 5.76. The van der Waals surface area contributed by atoms with Crippen LogP contribution in [0.25, 0.3) is 0 Å². The molecule has 2 heterocycles. The number of nitriles is 1. The quantitative estimate of drug-likeness (QED) is 0.612. The number of carbonyl (C=O) groups is 1. The zero-order valence-corrected chi connectivity index (χ0v) is 10.2. The van der Waals surface area contributed by atoms with E-state index >= 15 is 0 Å². The Bertz CT molecular complexity index is 519. The molecule has 1 aromatic rings. The van der Waals surface area contributed by atoms with Crippen LogP contribution in [-0.2, 0) is 4.74 Å². The lowest BCUT2D eigenvalue weighted by Gasteiger charge is -2.16. The van der Waals surface area contributed by atoms with E-state index in [1.807, 2.05) is 6.07 Å². The Morgan fingerprint density at radius 1 is 1.56 bits per heavy atom. The molecule has 0 saturated carbocycles. The summed E-state index contributed by atoms with van der Waals surface area (Å²) in [7, 11) is 0. The molecule has 0 spiro atoms. The highest BCUT2D eigenvalue weighted by Gasteiger charge is 2.26. The highest BCUT2D eigenvalue weighted by atomic mass is 35.5. The zero-order chi connectivity index (χ0) is 13.0. The summed E-state index contributed by atoms with van der Waals surface area (Å²) in [5.74, 6) is -1.24. The molecule has 5 nitrogen and oxygen atoms in total. The van der Waals surface area contributed by atoms with Crippen molar-refractivity contribution < 1.29 is 9.53 Å². The van der Waals surface area contributed by atoms with Gasteiger partial charge in [-0.05, 0) is 12.1 Å². The number of hydrogen-bond acceptors (Lipinski definition) is 5. The molecule has 1 aliphatic heterocycles. The van der Waals surface area contributed by atoms with E-state index in [9.17, 15) is 4.79 Å².